The summed E-state index contributed by atoms with van der Waals surface area (Å²) in [6, 6.07) is 2.65. The molecule has 0 N–H and O–H groups in total. The summed E-state index contributed by atoms with van der Waals surface area (Å²) in [7, 11) is -4.45. The molecule has 1 aliphatic rings. The van der Waals surface area contributed by atoms with Crippen LogP contribution in [-0.2, 0) is 9.84 Å². The van der Waals surface area contributed by atoms with Crippen LogP contribution in [0.3, 0.4) is 0 Å². The maximum Gasteiger partial charge on any atom is 0.415 e. The first-order valence-electron chi connectivity index (χ1n) is 4.39. The lowest BCUT2D eigenvalue weighted by Gasteiger charge is -2.13. The number of hydrogen-bond acceptors (Lipinski definition) is 4. The molecular formula is C10H5F3N2O2S. The number of nitrogens with zero attached hydrogens (tertiary/aromatic N) is 2. The van der Waals surface area contributed by atoms with Gasteiger partial charge in [0.15, 0.2) is 0 Å². The molecule has 18 heavy (non-hydrogen) atoms. The summed E-state index contributed by atoms with van der Waals surface area (Å²) < 4.78 is 61.3. The third kappa shape index (κ3) is 2.15. The van der Waals surface area contributed by atoms with E-state index in [2.05, 4.69) is 6.58 Å². The van der Waals surface area contributed by atoms with E-state index < -0.39 is 38.0 Å². The molecule has 0 bridgehead atoms. The first-order valence-corrected chi connectivity index (χ1v) is 5.94. The second kappa shape index (κ2) is 4.31. The minimum atomic E-state index is -5.01. The molecule has 0 aromatic carbocycles. The lowest BCUT2D eigenvalue weighted by atomic mass is 10.0. The summed E-state index contributed by atoms with van der Waals surface area (Å²) >= 11 is 0. The van der Waals surface area contributed by atoms with Crippen molar-refractivity contribution in [3.05, 3.63) is 34.1 Å². The van der Waals surface area contributed by atoms with Gasteiger partial charge in [0.05, 0.1) is 28.0 Å². The van der Waals surface area contributed by atoms with E-state index >= 15 is 0 Å². The Kier molecular flexibility index (Phi) is 3.36. The molecule has 0 aromatic heterocycles. The topological polar surface area (TPSA) is 81.7 Å². The molecule has 0 aliphatic heterocycles. The molecule has 0 radical (unpaired) electrons. The molecular weight excluding hydrogens is 269 g/mol. The number of alkyl halides is 3. The van der Waals surface area contributed by atoms with E-state index in [0.29, 0.717) is 11.5 Å². The van der Waals surface area contributed by atoms with E-state index in [4.69, 9.17) is 10.5 Å². The maximum absolute atomic E-state index is 12.8. The molecule has 0 saturated heterocycles. The molecule has 0 saturated carbocycles. The summed E-state index contributed by atoms with van der Waals surface area (Å²) in [6.07, 6.45) is -4.33. The molecule has 8 heteroatoms. The molecule has 1 unspecified atom stereocenters. The highest BCUT2D eigenvalue weighted by Gasteiger charge is 2.47. The SMILES string of the molecule is C=CS(=O)(=O)C1=C(C(F)(F)F)C(C#N)C=C1C#N. The van der Waals surface area contributed by atoms with Crippen molar-refractivity contribution in [2.45, 2.75) is 6.18 Å². The van der Waals surface area contributed by atoms with E-state index in [-0.39, 0.29) is 0 Å². The van der Waals surface area contributed by atoms with Crippen molar-refractivity contribution in [3.63, 3.8) is 0 Å². The van der Waals surface area contributed by atoms with Crippen LogP contribution in [-0.4, -0.2) is 14.6 Å². The van der Waals surface area contributed by atoms with Crippen LogP contribution in [0, 0.1) is 28.6 Å². The van der Waals surface area contributed by atoms with Crippen molar-refractivity contribution < 1.29 is 21.6 Å². The zero-order chi connectivity index (χ0) is 14.1. The fourth-order valence-corrected chi connectivity index (χ4v) is 2.63. The van der Waals surface area contributed by atoms with Gasteiger partial charge in [0.1, 0.15) is 6.07 Å². The van der Waals surface area contributed by atoms with Gasteiger partial charge in [-0.05, 0) is 6.08 Å². The Morgan fingerprint density at radius 1 is 1.39 bits per heavy atom. The smallest absolute Gasteiger partial charge is 0.219 e. The Balaban J connectivity index is 3.74. The molecule has 0 aromatic rings. The maximum atomic E-state index is 12.8. The van der Waals surface area contributed by atoms with Crippen LogP contribution in [0.1, 0.15) is 0 Å². The van der Waals surface area contributed by atoms with Crippen LogP contribution in [0.5, 0.6) is 0 Å². The summed E-state index contributed by atoms with van der Waals surface area (Å²) in [5.74, 6) is -1.80. The zero-order valence-corrected chi connectivity index (χ0v) is 9.51. The number of hydrogen-bond donors (Lipinski definition) is 0. The minimum absolute atomic E-state index is 0.318. The average Bonchev–Trinajstić information content (AvgIpc) is 2.67. The van der Waals surface area contributed by atoms with Crippen molar-refractivity contribution in [3.8, 4) is 12.1 Å². The van der Waals surface area contributed by atoms with Gasteiger partial charge in [-0.2, -0.15) is 23.7 Å². The summed E-state index contributed by atoms with van der Waals surface area (Å²) in [5, 5.41) is 17.6. The third-order valence-corrected chi connectivity index (χ3v) is 3.65. The van der Waals surface area contributed by atoms with Crippen molar-refractivity contribution in [1.29, 1.82) is 10.5 Å². The predicted molar refractivity (Wildman–Crippen MR) is 55.0 cm³/mol. The van der Waals surface area contributed by atoms with Crippen LogP contribution >= 0.6 is 0 Å². The van der Waals surface area contributed by atoms with Gasteiger partial charge in [-0.1, -0.05) is 6.58 Å². The van der Waals surface area contributed by atoms with Gasteiger partial charge in [-0.15, -0.1) is 0 Å². The first-order chi connectivity index (χ1) is 8.19. The van der Waals surface area contributed by atoms with Gasteiger partial charge in [-0.25, -0.2) is 8.42 Å². The second-order valence-corrected chi connectivity index (χ2v) is 5.08. The summed E-state index contributed by atoms with van der Waals surface area (Å²) in [5.41, 5.74) is -2.23. The second-order valence-electron chi connectivity index (χ2n) is 3.25. The highest BCUT2D eigenvalue weighted by atomic mass is 32.2. The predicted octanol–water partition coefficient (Wildman–Crippen LogP) is 1.96. The van der Waals surface area contributed by atoms with E-state index in [0.717, 1.165) is 0 Å². The number of sulfone groups is 1. The van der Waals surface area contributed by atoms with E-state index in [9.17, 15) is 21.6 Å². The fourth-order valence-electron chi connectivity index (χ4n) is 1.50. The first kappa shape index (κ1) is 14.0. The van der Waals surface area contributed by atoms with Crippen LogP contribution in [0.25, 0.3) is 0 Å². The minimum Gasteiger partial charge on any atom is -0.219 e. The highest BCUT2D eigenvalue weighted by Crippen LogP contribution is 2.43. The molecule has 1 rings (SSSR count). The number of allylic oxidation sites excluding steroid dienone is 3. The lowest BCUT2D eigenvalue weighted by molar-refractivity contribution is -0.0952. The van der Waals surface area contributed by atoms with Crippen LogP contribution < -0.4 is 0 Å². The highest BCUT2D eigenvalue weighted by molar-refractivity contribution is 7.98. The Morgan fingerprint density at radius 2 is 1.94 bits per heavy atom. The van der Waals surface area contributed by atoms with Crippen LogP contribution in [0.2, 0.25) is 0 Å². The largest absolute Gasteiger partial charge is 0.415 e. The zero-order valence-electron chi connectivity index (χ0n) is 8.69. The molecule has 94 valence electrons. The van der Waals surface area contributed by atoms with Gasteiger partial charge >= 0.3 is 6.18 Å². The molecule has 1 aliphatic carbocycles. The van der Waals surface area contributed by atoms with Gasteiger partial charge < -0.3 is 0 Å². The van der Waals surface area contributed by atoms with Gasteiger partial charge in [0, 0.05) is 5.41 Å². The van der Waals surface area contributed by atoms with Crippen molar-refractivity contribution >= 4 is 9.84 Å². The molecule has 1 atom stereocenters. The van der Waals surface area contributed by atoms with Crippen LogP contribution in [0.15, 0.2) is 34.1 Å². The van der Waals surface area contributed by atoms with Gasteiger partial charge in [0.25, 0.3) is 0 Å². The Hall–Kier alpha value is -2.06. The summed E-state index contributed by atoms with van der Waals surface area (Å²) in [6.45, 7) is 2.90. The molecule has 0 amide bonds. The number of nitriles is 2. The Labute approximate surface area is 101 Å². The van der Waals surface area contributed by atoms with Crippen molar-refractivity contribution in [2.24, 2.45) is 5.92 Å². The molecule has 0 heterocycles. The fraction of sp³-hybridized carbons (Fsp3) is 0.200. The van der Waals surface area contributed by atoms with Crippen molar-refractivity contribution in [2.75, 3.05) is 0 Å². The van der Waals surface area contributed by atoms with E-state index in [1.807, 2.05) is 0 Å². The normalized spacial score (nSPS) is 20.1. The van der Waals surface area contributed by atoms with Crippen LogP contribution in [0.4, 0.5) is 13.2 Å². The van der Waals surface area contributed by atoms with Gasteiger partial charge in [0.2, 0.25) is 9.84 Å². The number of rotatable bonds is 2. The Bertz CT molecular complexity index is 642. The quantitative estimate of drug-likeness (QED) is 0.770. The standard InChI is InChI=1S/C10H5F3N2O2S/c1-2-18(16,17)9-7(5-15)3-6(4-14)8(9)10(11,12)13/h2-3,6H,1H2. The molecule has 0 fully saturated rings. The Morgan fingerprint density at radius 3 is 2.28 bits per heavy atom. The average molecular weight is 274 g/mol. The molecule has 0 spiro atoms. The monoisotopic (exact) mass is 274 g/mol. The van der Waals surface area contributed by atoms with Gasteiger partial charge in [-0.3, -0.25) is 0 Å². The number of halogens is 3. The molecule has 4 nitrogen and oxygen atoms in total. The summed E-state index contributed by atoms with van der Waals surface area (Å²) in [4.78, 5) is -1.18. The van der Waals surface area contributed by atoms with E-state index in [1.54, 1.807) is 0 Å². The lowest BCUT2D eigenvalue weighted by Crippen LogP contribution is -2.20. The van der Waals surface area contributed by atoms with E-state index in [1.165, 1.54) is 12.1 Å². The van der Waals surface area contributed by atoms with Crippen molar-refractivity contribution in [1.82, 2.24) is 0 Å². The third-order valence-electron chi connectivity index (χ3n) is 2.20.